The first kappa shape index (κ1) is 10.2. The molecule has 0 bridgehead atoms. The Kier molecular flexibility index (Phi) is 3.74. The first-order valence-corrected chi connectivity index (χ1v) is 5.36. The van der Waals surface area contributed by atoms with Crippen LogP contribution in [-0.4, -0.2) is 24.7 Å². The molecule has 0 unspecified atom stereocenters. The van der Waals surface area contributed by atoms with Gasteiger partial charge in [0.05, 0.1) is 12.8 Å². The van der Waals surface area contributed by atoms with Crippen molar-refractivity contribution in [3.05, 3.63) is 36.2 Å². The maximum absolute atomic E-state index is 5.58. The summed E-state index contributed by atoms with van der Waals surface area (Å²) in [6, 6.07) is 3.82. The maximum atomic E-state index is 5.58. The van der Waals surface area contributed by atoms with Crippen molar-refractivity contribution in [2.75, 3.05) is 19.7 Å². The first-order chi connectivity index (χ1) is 7.45. The molecule has 3 heteroatoms. The van der Waals surface area contributed by atoms with Crippen molar-refractivity contribution in [2.24, 2.45) is 0 Å². The van der Waals surface area contributed by atoms with Crippen molar-refractivity contribution in [1.82, 2.24) is 10.3 Å². The molecule has 0 atom stereocenters. The number of hydrogen-bond donors (Lipinski definition) is 1. The van der Waals surface area contributed by atoms with Crippen LogP contribution < -0.4 is 10.1 Å². The van der Waals surface area contributed by atoms with E-state index in [2.05, 4.69) is 16.4 Å². The lowest BCUT2D eigenvalue weighted by Gasteiger charge is -2.14. The molecule has 1 aromatic heterocycles. The van der Waals surface area contributed by atoms with Crippen LogP contribution >= 0.6 is 0 Å². The van der Waals surface area contributed by atoms with Gasteiger partial charge >= 0.3 is 0 Å². The van der Waals surface area contributed by atoms with Crippen LogP contribution in [0, 0.1) is 0 Å². The number of ether oxygens (including phenoxy) is 1. The van der Waals surface area contributed by atoms with Crippen LogP contribution in [0.2, 0.25) is 0 Å². The Labute approximate surface area is 90.2 Å². The first-order valence-electron chi connectivity index (χ1n) is 5.36. The van der Waals surface area contributed by atoms with E-state index < -0.39 is 0 Å². The average Bonchev–Trinajstić information content (AvgIpc) is 2.32. The molecule has 3 nitrogen and oxygen atoms in total. The molecular weight excluding hydrogens is 188 g/mol. The lowest BCUT2D eigenvalue weighted by atomic mass is 10.1. The van der Waals surface area contributed by atoms with Crippen LogP contribution in [0.5, 0.6) is 5.75 Å². The minimum absolute atomic E-state index is 0.735. The van der Waals surface area contributed by atoms with Crippen LogP contribution in [-0.2, 0) is 0 Å². The number of rotatable bonds is 4. The van der Waals surface area contributed by atoms with Crippen LogP contribution in [0.25, 0.3) is 0 Å². The highest BCUT2D eigenvalue weighted by atomic mass is 16.5. The highest BCUT2D eigenvalue weighted by Crippen LogP contribution is 2.10. The third-order valence-electron chi connectivity index (χ3n) is 2.43. The maximum Gasteiger partial charge on any atom is 0.137 e. The Balaban J connectivity index is 1.73. The molecule has 0 saturated carbocycles. The normalized spacial score (nSPS) is 15.9. The molecule has 1 aromatic rings. The molecular formula is C12H16N2O. The summed E-state index contributed by atoms with van der Waals surface area (Å²) in [5.41, 5.74) is 1.45. The Hall–Kier alpha value is -1.35. The van der Waals surface area contributed by atoms with Gasteiger partial charge in [0.25, 0.3) is 0 Å². The third kappa shape index (κ3) is 3.36. The number of aromatic nitrogens is 1. The molecule has 80 valence electrons. The van der Waals surface area contributed by atoms with Gasteiger partial charge in [0, 0.05) is 19.2 Å². The molecule has 0 radical (unpaired) electrons. The fourth-order valence-corrected chi connectivity index (χ4v) is 1.62. The van der Waals surface area contributed by atoms with Crippen molar-refractivity contribution < 1.29 is 4.74 Å². The Bertz CT molecular complexity index is 322. The molecule has 0 spiro atoms. The average molecular weight is 204 g/mol. The van der Waals surface area contributed by atoms with E-state index in [0.717, 1.165) is 38.3 Å². The van der Waals surface area contributed by atoms with Crippen molar-refractivity contribution in [3.8, 4) is 5.75 Å². The van der Waals surface area contributed by atoms with Crippen LogP contribution in [0.15, 0.2) is 36.2 Å². The van der Waals surface area contributed by atoms with Gasteiger partial charge in [-0.25, -0.2) is 0 Å². The summed E-state index contributed by atoms with van der Waals surface area (Å²) in [6.45, 7) is 2.85. The predicted octanol–water partition coefficient (Wildman–Crippen LogP) is 1.77. The second kappa shape index (κ2) is 5.51. The molecule has 0 saturated heterocycles. The molecule has 15 heavy (non-hydrogen) atoms. The minimum Gasteiger partial charge on any atom is -0.492 e. The van der Waals surface area contributed by atoms with E-state index in [1.165, 1.54) is 5.57 Å². The van der Waals surface area contributed by atoms with E-state index in [1.54, 1.807) is 12.4 Å². The third-order valence-corrected chi connectivity index (χ3v) is 2.43. The van der Waals surface area contributed by atoms with E-state index in [1.807, 2.05) is 12.1 Å². The summed E-state index contributed by atoms with van der Waals surface area (Å²) in [5.74, 6) is 0.849. The number of nitrogens with zero attached hydrogens (tertiary/aromatic N) is 1. The van der Waals surface area contributed by atoms with E-state index >= 15 is 0 Å². The highest BCUT2D eigenvalue weighted by Gasteiger charge is 2.02. The monoisotopic (exact) mass is 204 g/mol. The topological polar surface area (TPSA) is 34.1 Å². The summed E-state index contributed by atoms with van der Waals surface area (Å²) in [6.07, 6.45) is 7.95. The summed E-state index contributed by atoms with van der Waals surface area (Å²) in [5, 5.41) is 3.35. The Morgan fingerprint density at radius 1 is 1.47 bits per heavy atom. The highest BCUT2D eigenvalue weighted by molar-refractivity contribution is 5.15. The molecule has 0 amide bonds. The molecule has 0 aliphatic carbocycles. The van der Waals surface area contributed by atoms with Crippen molar-refractivity contribution >= 4 is 0 Å². The van der Waals surface area contributed by atoms with Gasteiger partial charge in [-0.15, -0.1) is 0 Å². The zero-order valence-corrected chi connectivity index (χ0v) is 8.78. The quantitative estimate of drug-likeness (QED) is 0.759. The molecule has 0 fully saturated rings. The lowest BCUT2D eigenvalue weighted by molar-refractivity contribution is 0.318. The standard InChI is InChI=1S/C12H16N2O/c1-3-11(9-13-6-1)5-8-15-12-4-2-7-14-10-12/h2-4,7,10,13H,1,5-6,8-9H2. The van der Waals surface area contributed by atoms with Gasteiger partial charge in [-0.3, -0.25) is 4.98 Å². The fourth-order valence-electron chi connectivity index (χ4n) is 1.62. The lowest BCUT2D eigenvalue weighted by Crippen LogP contribution is -2.23. The van der Waals surface area contributed by atoms with Gasteiger partial charge in [-0.1, -0.05) is 11.6 Å². The molecule has 1 aliphatic heterocycles. The number of nitrogens with one attached hydrogen (secondary N) is 1. The summed E-state index contributed by atoms with van der Waals surface area (Å²) in [4.78, 5) is 4.00. The second-order valence-electron chi connectivity index (χ2n) is 3.62. The largest absolute Gasteiger partial charge is 0.492 e. The smallest absolute Gasteiger partial charge is 0.137 e. The summed E-state index contributed by atoms with van der Waals surface area (Å²) in [7, 11) is 0. The molecule has 2 heterocycles. The van der Waals surface area contributed by atoms with Gasteiger partial charge in [-0.05, 0) is 25.1 Å². The molecule has 1 aliphatic rings. The van der Waals surface area contributed by atoms with Crippen LogP contribution in [0.1, 0.15) is 12.8 Å². The molecule has 2 rings (SSSR count). The van der Waals surface area contributed by atoms with Crippen molar-refractivity contribution in [1.29, 1.82) is 0 Å². The van der Waals surface area contributed by atoms with Crippen molar-refractivity contribution in [2.45, 2.75) is 12.8 Å². The second-order valence-corrected chi connectivity index (χ2v) is 3.62. The minimum atomic E-state index is 0.735. The molecule has 1 N–H and O–H groups in total. The fraction of sp³-hybridized carbons (Fsp3) is 0.417. The molecule has 0 aromatic carbocycles. The van der Waals surface area contributed by atoms with Gasteiger partial charge in [-0.2, -0.15) is 0 Å². The SMILES string of the molecule is C1=C(CCOc2cccnc2)CNCC1. The summed E-state index contributed by atoms with van der Waals surface area (Å²) < 4.78 is 5.58. The number of hydrogen-bond acceptors (Lipinski definition) is 3. The van der Waals surface area contributed by atoms with Crippen LogP contribution in [0.3, 0.4) is 0 Å². The van der Waals surface area contributed by atoms with Gasteiger partial charge < -0.3 is 10.1 Å². The van der Waals surface area contributed by atoms with E-state index in [0.29, 0.717) is 0 Å². The Morgan fingerprint density at radius 3 is 3.20 bits per heavy atom. The van der Waals surface area contributed by atoms with E-state index in [4.69, 9.17) is 4.74 Å². The van der Waals surface area contributed by atoms with E-state index in [-0.39, 0.29) is 0 Å². The number of pyridine rings is 1. The predicted molar refractivity (Wildman–Crippen MR) is 59.9 cm³/mol. The van der Waals surface area contributed by atoms with Crippen molar-refractivity contribution in [3.63, 3.8) is 0 Å². The zero-order valence-electron chi connectivity index (χ0n) is 8.78. The Morgan fingerprint density at radius 2 is 2.47 bits per heavy atom. The van der Waals surface area contributed by atoms with E-state index in [9.17, 15) is 0 Å². The van der Waals surface area contributed by atoms with Gasteiger partial charge in [0.2, 0.25) is 0 Å². The van der Waals surface area contributed by atoms with Crippen LogP contribution in [0.4, 0.5) is 0 Å². The zero-order chi connectivity index (χ0) is 10.3. The summed E-state index contributed by atoms with van der Waals surface area (Å²) >= 11 is 0. The van der Waals surface area contributed by atoms with Gasteiger partial charge in [0.15, 0.2) is 0 Å². The van der Waals surface area contributed by atoms with Gasteiger partial charge in [0.1, 0.15) is 5.75 Å².